The summed E-state index contributed by atoms with van der Waals surface area (Å²) >= 11 is 0. The van der Waals surface area contributed by atoms with Gasteiger partial charge >= 0.3 is 5.97 Å². The number of aromatic hydroxyl groups is 3. The van der Waals surface area contributed by atoms with Crippen LogP contribution in [-0.2, 0) is 16.0 Å². The largest absolute Gasteiger partial charge is 0.504 e. The van der Waals surface area contributed by atoms with Crippen molar-refractivity contribution in [2.45, 2.75) is 33.2 Å². The van der Waals surface area contributed by atoms with Crippen LogP contribution in [0.4, 0.5) is 0 Å². The number of amides is 1. The number of phenolic OH excluding ortho intramolecular Hbond substituents is 3. The second-order valence-corrected chi connectivity index (χ2v) is 9.61. The summed E-state index contributed by atoms with van der Waals surface area (Å²) in [4.78, 5) is 38.8. The number of methoxy groups -OCH3 is 1. The topological polar surface area (TPSA) is 146 Å². The third-order valence-corrected chi connectivity index (χ3v) is 6.43. The molecule has 0 saturated carbocycles. The fourth-order valence-electron chi connectivity index (χ4n) is 4.53. The highest BCUT2D eigenvalue weighted by molar-refractivity contribution is 5.98. The molecule has 4 N–H and O–H groups in total. The lowest BCUT2D eigenvalue weighted by Gasteiger charge is -2.17. The molecule has 1 unspecified atom stereocenters. The number of carbonyl (C=O) groups is 2. The number of nitrogens with one attached hydrogen (secondary N) is 1. The van der Waals surface area contributed by atoms with E-state index in [1.807, 2.05) is 13.8 Å². The van der Waals surface area contributed by atoms with Gasteiger partial charge in [-0.25, -0.2) is 4.79 Å². The quantitative estimate of drug-likeness (QED) is 0.198. The van der Waals surface area contributed by atoms with Gasteiger partial charge in [-0.3, -0.25) is 9.59 Å². The number of fused-ring (bicyclic) bond motifs is 1. The first kappa shape index (κ1) is 27.3. The summed E-state index contributed by atoms with van der Waals surface area (Å²) in [6.45, 7) is 5.39. The lowest BCUT2D eigenvalue weighted by Crippen LogP contribution is -2.34. The van der Waals surface area contributed by atoms with Gasteiger partial charge in [0, 0.05) is 11.1 Å². The van der Waals surface area contributed by atoms with Gasteiger partial charge in [0.25, 0.3) is 5.91 Å². The molecule has 1 heterocycles. The van der Waals surface area contributed by atoms with E-state index in [9.17, 15) is 29.7 Å². The van der Waals surface area contributed by atoms with Crippen molar-refractivity contribution in [1.82, 2.24) is 5.32 Å². The molecule has 3 aromatic carbocycles. The van der Waals surface area contributed by atoms with Crippen molar-refractivity contribution in [3.05, 3.63) is 87.3 Å². The minimum Gasteiger partial charge on any atom is -0.504 e. The second kappa shape index (κ2) is 10.9. The maximum Gasteiger partial charge on any atom is 0.333 e. The van der Waals surface area contributed by atoms with E-state index in [1.54, 1.807) is 49.4 Å². The summed E-state index contributed by atoms with van der Waals surface area (Å²) < 4.78 is 10.8. The highest BCUT2D eigenvalue weighted by Crippen LogP contribution is 2.45. The van der Waals surface area contributed by atoms with E-state index in [0.29, 0.717) is 17.5 Å². The van der Waals surface area contributed by atoms with Crippen LogP contribution in [0.2, 0.25) is 0 Å². The average molecular weight is 532 g/mol. The smallest absolute Gasteiger partial charge is 0.333 e. The normalized spacial score (nSPS) is 11.9. The van der Waals surface area contributed by atoms with Crippen LogP contribution in [0.25, 0.3) is 22.1 Å². The van der Waals surface area contributed by atoms with Gasteiger partial charge in [-0.2, -0.15) is 0 Å². The second-order valence-electron chi connectivity index (χ2n) is 9.61. The van der Waals surface area contributed by atoms with Crippen molar-refractivity contribution in [1.29, 1.82) is 0 Å². The number of hydrogen-bond acceptors (Lipinski definition) is 8. The van der Waals surface area contributed by atoms with E-state index < -0.39 is 40.6 Å². The summed E-state index contributed by atoms with van der Waals surface area (Å²) in [6.07, 6.45) is 0.303. The molecule has 0 aliphatic heterocycles. The van der Waals surface area contributed by atoms with Crippen LogP contribution < -0.4 is 10.7 Å². The fraction of sp³-hybridized carbons (Fsp3) is 0.233. The maximum absolute atomic E-state index is 13.6. The Hall–Kier alpha value is -4.79. The molecule has 9 nitrogen and oxygen atoms in total. The van der Waals surface area contributed by atoms with E-state index in [2.05, 4.69) is 5.32 Å². The Kier molecular flexibility index (Phi) is 7.62. The third-order valence-electron chi connectivity index (χ3n) is 6.43. The maximum atomic E-state index is 13.6. The van der Waals surface area contributed by atoms with Crippen molar-refractivity contribution < 1.29 is 34.1 Å². The molecule has 0 radical (unpaired) electrons. The van der Waals surface area contributed by atoms with Crippen LogP contribution >= 0.6 is 0 Å². The standard InChI is InChI=1S/C30H29NO8/c1-15(2)14-20-24(32)27(35)26(34)22-25(33)21(16(3)39-28(20)22)17-10-12-19(13-11-17)29(36)31-23(30(37)38-4)18-8-6-5-7-9-18/h5-13,15,23,32,34-35H,14H2,1-4H3,(H,31,36). The van der Waals surface area contributed by atoms with Crippen LogP contribution in [-0.4, -0.2) is 34.3 Å². The van der Waals surface area contributed by atoms with Crippen LogP contribution in [0.15, 0.2) is 63.8 Å². The van der Waals surface area contributed by atoms with Gasteiger partial charge in [0.1, 0.15) is 16.7 Å². The van der Waals surface area contributed by atoms with Gasteiger partial charge in [-0.05, 0) is 42.5 Å². The molecule has 202 valence electrons. The van der Waals surface area contributed by atoms with Crippen molar-refractivity contribution in [3.63, 3.8) is 0 Å². The molecular weight excluding hydrogens is 502 g/mol. The molecule has 39 heavy (non-hydrogen) atoms. The van der Waals surface area contributed by atoms with Crippen molar-refractivity contribution in [2.24, 2.45) is 5.92 Å². The third kappa shape index (κ3) is 5.16. The summed E-state index contributed by atoms with van der Waals surface area (Å²) in [5, 5.41) is 33.7. The predicted octanol–water partition coefficient (Wildman–Crippen LogP) is 4.73. The van der Waals surface area contributed by atoms with Gasteiger partial charge in [-0.1, -0.05) is 56.3 Å². The van der Waals surface area contributed by atoms with E-state index in [-0.39, 0.29) is 39.3 Å². The molecule has 0 saturated heterocycles. The SMILES string of the molecule is COC(=O)C(NC(=O)c1ccc(-c2c(C)oc3c(CC(C)C)c(O)c(O)c(O)c3c2=O)cc1)c1ccccc1. The zero-order valence-electron chi connectivity index (χ0n) is 21.9. The predicted molar refractivity (Wildman–Crippen MR) is 145 cm³/mol. The molecule has 1 aromatic heterocycles. The van der Waals surface area contributed by atoms with E-state index >= 15 is 0 Å². The van der Waals surface area contributed by atoms with Crippen molar-refractivity contribution in [2.75, 3.05) is 7.11 Å². The lowest BCUT2D eigenvalue weighted by atomic mass is 9.95. The summed E-state index contributed by atoms with van der Waals surface area (Å²) in [5.74, 6) is -2.94. The molecule has 0 spiro atoms. The zero-order chi connectivity index (χ0) is 28.4. The molecule has 0 bridgehead atoms. The van der Waals surface area contributed by atoms with Gasteiger partial charge in [-0.15, -0.1) is 0 Å². The number of ether oxygens (including phenoxy) is 1. The Morgan fingerprint density at radius 3 is 2.18 bits per heavy atom. The molecule has 4 aromatic rings. The molecule has 4 rings (SSSR count). The number of phenols is 3. The molecular formula is C30H29NO8. The summed E-state index contributed by atoms with van der Waals surface area (Å²) in [5.41, 5.74) is 0.965. The Morgan fingerprint density at radius 1 is 0.949 bits per heavy atom. The highest BCUT2D eigenvalue weighted by atomic mass is 16.5. The van der Waals surface area contributed by atoms with Gasteiger partial charge in [0.15, 0.2) is 17.5 Å². The van der Waals surface area contributed by atoms with Crippen LogP contribution in [0.5, 0.6) is 17.2 Å². The number of carbonyl (C=O) groups excluding carboxylic acids is 2. The van der Waals surface area contributed by atoms with Gasteiger partial charge < -0.3 is 29.8 Å². The van der Waals surface area contributed by atoms with Gasteiger partial charge in [0.05, 0.1) is 12.7 Å². The molecule has 9 heteroatoms. The minimum atomic E-state index is -1.01. The van der Waals surface area contributed by atoms with E-state index in [4.69, 9.17) is 9.15 Å². The minimum absolute atomic E-state index is 0.00788. The Morgan fingerprint density at radius 2 is 1.59 bits per heavy atom. The number of esters is 1. The average Bonchev–Trinajstić information content (AvgIpc) is 2.92. The lowest BCUT2D eigenvalue weighted by molar-refractivity contribution is -0.143. The number of hydrogen-bond donors (Lipinski definition) is 4. The van der Waals surface area contributed by atoms with Crippen LogP contribution in [0, 0.1) is 12.8 Å². The molecule has 0 aliphatic rings. The van der Waals surface area contributed by atoms with Crippen molar-refractivity contribution >= 4 is 22.8 Å². The summed E-state index contributed by atoms with van der Waals surface area (Å²) in [7, 11) is 1.24. The molecule has 0 fully saturated rings. The molecule has 0 aliphatic carbocycles. The molecule has 1 atom stereocenters. The van der Waals surface area contributed by atoms with Crippen LogP contribution in [0.1, 0.15) is 47.1 Å². The monoisotopic (exact) mass is 531 g/mol. The first-order valence-electron chi connectivity index (χ1n) is 12.3. The first-order valence-corrected chi connectivity index (χ1v) is 12.3. The first-order chi connectivity index (χ1) is 18.5. The Balaban J connectivity index is 1.73. The zero-order valence-corrected chi connectivity index (χ0v) is 21.9. The molecule has 1 amide bonds. The highest BCUT2D eigenvalue weighted by Gasteiger charge is 2.27. The van der Waals surface area contributed by atoms with Crippen molar-refractivity contribution in [3.8, 4) is 28.4 Å². The fourth-order valence-corrected chi connectivity index (χ4v) is 4.53. The number of aryl methyl sites for hydroxylation is 1. The number of rotatable bonds is 7. The van der Waals surface area contributed by atoms with Gasteiger partial charge in [0.2, 0.25) is 11.2 Å². The number of benzene rings is 3. The Bertz CT molecular complexity index is 1610. The van der Waals surface area contributed by atoms with Crippen LogP contribution in [0.3, 0.4) is 0 Å². The van der Waals surface area contributed by atoms with E-state index in [0.717, 1.165) is 0 Å². The van der Waals surface area contributed by atoms with E-state index in [1.165, 1.54) is 19.2 Å². The Labute approximate surface area is 224 Å². The summed E-state index contributed by atoms with van der Waals surface area (Å²) in [6, 6.07) is 13.7.